The number of carboxylic acids is 1. The lowest BCUT2D eigenvalue weighted by molar-refractivity contribution is -0.131. The lowest BCUT2D eigenvalue weighted by Gasteiger charge is -2.40. The van der Waals surface area contributed by atoms with E-state index in [-0.39, 0.29) is 5.41 Å². The summed E-state index contributed by atoms with van der Waals surface area (Å²) in [5.74, 6) is -0.825. The van der Waals surface area contributed by atoms with Gasteiger partial charge < -0.3 is 10.1 Å². The first-order valence-corrected chi connectivity index (χ1v) is 10.7. The second-order valence-corrected chi connectivity index (χ2v) is 8.29. The van der Waals surface area contributed by atoms with E-state index in [1.165, 1.54) is 33.8 Å². The van der Waals surface area contributed by atoms with E-state index >= 15 is 0 Å². The highest BCUT2D eigenvalue weighted by atomic mass is 16.4. The fourth-order valence-corrected chi connectivity index (χ4v) is 5.17. The van der Waals surface area contributed by atoms with Gasteiger partial charge in [-0.2, -0.15) is 0 Å². The fraction of sp³-hybridized carbons (Fsp3) is 0.346. The van der Waals surface area contributed by atoms with Crippen LogP contribution in [0, 0.1) is 5.41 Å². The summed E-state index contributed by atoms with van der Waals surface area (Å²) in [6, 6.07) is 19.1. The molecule has 2 N–H and O–H groups in total. The first kappa shape index (κ1) is 19.5. The van der Waals surface area contributed by atoms with Gasteiger partial charge in [0.2, 0.25) is 0 Å². The molecule has 1 atom stereocenters. The molecule has 0 amide bonds. The molecule has 2 aromatic carbocycles. The third-order valence-electron chi connectivity index (χ3n) is 6.59. The van der Waals surface area contributed by atoms with Crippen molar-refractivity contribution in [1.29, 1.82) is 0 Å². The molecule has 1 aromatic heterocycles. The number of hydrogen-bond donors (Lipinski definition) is 2. The minimum Gasteiger partial charge on any atom is -0.478 e. The van der Waals surface area contributed by atoms with Gasteiger partial charge in [-0.15, -0.1) is 0 Å². The van der Waals surface area contributed by atoms with Crippen LogP contribution in [-0.2, 0) is 24.1 Å². The normalized spacial score (nSPS) is 19.3. The third kappa shape index (κ3) is 4.00. The lowest BCUT2D eigenvalue weighted by Crippen LogP contribution is -2.31. The van der Waals surface area contributed by atoms with Crippen molar-refractivity contribution in [3.8, 4) is 0 Å². The molecule has 1 heterocycles. The number of benzene rings is 2. The highest BCUT2D eigenvalue weighted by Crippen LogP contribution is 2.47. The zero-order chi connectivity index (χ0) is 20.3. The van der Waals surface area contributed by atoms with Gasteiger partial charge in [-0.1, -0.05) is 61.0 Å². The number of fused-ring (bicyclic) bond motifs is 3. The van der Waals surface area contributed by atoms with Crippen LogP contribution in [0.3, 0.4) is 0 Å². The van der Waals surface area contributed by atoms with E-state index < -0.39 is 5.97 Å². The Morgan fingerprint density at radius 2 is 1.90 bits per heavy atom. The summed E-state index contributed by atoms with van der Waals surface area (Å²) in [4.78, 5) is 15.2. The van der Waals surface area contributed by atoms with Crippen LogP contribution in [-0.4, -0.2) is 16.1 Å². The number of nitrogens with one attached hydrogen (secondary N) is 1. The van der Waals surface area contributed by atoms with E-state index in [2.05, 4.69) is 66.5 Å². The van der Waals surface area contributed by atoms with Gasteiger partial charge in [0.05, 0.1) is 0 Å². The maximum Gasteiger partial charge on any atom is 0.328 e. The molecule has 0 radical (unpaired) electrons. The first-order chi connectivity index (χ1) is 14.1. The SMILES string of the molecule is CCC(=CC(=O)O)C1(CCCc2ccccc2)CCc2[nH]c3ccccc3c2C1. The molecule has 29 heavy (non-hydrogen) atoms. The summed E-state index contributed by atoms with van der Waals surface area (Å²) in [7, 11) is 0. The maximum atomic E-state index is 11.6. The van der Waals surface area contributed by atoms with Gasteiger partial charge in [0, 0.05) is 22.7 Å². The summed E-state index contributed by atoms with van der Waals surface area (Å²) in [5, 5.41) is 10.8. The molecule has 3 heteroatoms. The average Bonchev–Trinajstić information content (AvgIpc) is 3.10. The zero-order valence-corrected chi connectivity index (χ0v) is 17.1. The Hall–Kier alpha value is -2.81. The molecule has 3 aromatic rings. The van der Waals surface area contributed by atoms with Crippen LogP contribution in [0.15, 0.2) is 66.2 Å². The van der Waals surface area contributed by atoms with Crippen LogP contribution in [0.25, 0.3) is 10.9 Å². The van der Waals surface area contributed by atoms with E-state index in [1.54, 1.807) is 0 Å². The highest BCUT2D eigenvalue weighted by molar-refractivity contribution is 5.85. The Balaban J connectivity index is 1.66. The molecule has 0 aliphatic heterocycles. The molecule has 4 rings (SSSR count). The van der Waals surface area contributed by atoms with Crippen LogP contribution in [0.4, 0.5) is 0 Å². The Morgan fingerprint density at radius 3 is 2.66 bits per heavy atom. The lowest BCUT2D eigenvalue weighted by atomic mass is 9.64. The number of rotatable bonds is 7. The molecule has 1 aliphatic rings. The van der Waals surface area contributed by atoms with Crippen molar-refractivity contribution in [1.82, 2.24) is 4.98 Å². The topological polar surface area (TPSA) is 53.1 Å². The second-order valence-electron chi connectivity index (χ2n) is 8.29. The Kier molecular flexibility index (Phi) is 5.57. The van der Waals surface area contributed by atoms with Crippen LogP contribution in [0.1, 0.15) is 49.4 Å². The number of aryl methyl sites for hydroxylation is 2. The average molecular weight is 388 g/mol. The van der Waals surface area contributed by atoms with Crippen molar-refractivity contribution < 1.29 is 9.90 Å². The third-order valence-corrected chi connectivity index (χ3v) is 6.59. The molecule has 0 saturated heterocycles. The monoisotopic (exact) mass is 387 g/mol. The Morgan fingerprint density at radius 1 is 1.14 bits per heavy atom. The number of para-hydroxylation sites is 1. The number of carbonyl (C=O) groups is 1. The van der Waals surface area contributed by atoms with E-state index in [4.69, 9.17) is 0 Å². The summed E-state index contributed by atoms with van der Waals surface area (Å²) >= 11 is 0. The summed E-state index contributed by atoms with van der Waals surface area (Å²) in [5.41, 5.74) is 6.28. The maximum absolute atomic E-state index is 11.6. The number of carboxylic acid groups (broad SMARTS) is 1. The van der Waals surface area contributed by atoms with E-state index in [0.717, 1.165) is 50.5 Å². The van der Waals surface area contributed by atoms with Crippen molar-refractivity contribution in [3.63, 3.8) is 0 Å². The zero-order valence-electron chi connectivity index (χ0n) is 17.1. The molecule has 1 unspecified atom stereocenters. The number of aromatic amines is 1. The molecule has 3 nitrogen and oxygen atoms in total. The van der Waals surface area contributed by atoms with Crippen molar-refractivity contribution in [2.24, 2.45) is 5.41 Å². The Labute approximate surface area is 172 Å². The molecule has 150 valence electrons. The summed E-state index contributed by atoms with van der Waals surface area (Å²) in [6.45, 7) is 2.10. The largest absolute Gasteiger partial charge is 0.478 e. The van der Waals surface area contributed by atoms with Crippen molar-refractivity contribution in [2.45, 2.75) is 51.9 Å². The Bertz CT molecular complexity index is 1030. The molecular weight excluding hydrogens is 358 g/mol. The van der Waals surface area contributed by atoms with Crippen molar-refractivity contribution in [3.05, 3.63) is 83.1 Å². The predicted octanol–water partition coefficient (Wildman–Crippen LogP) is 6.09. The number of H-pyrrole nitrogens is 1. The van der Waals surface area contributed by atoms with Gasteiger partial charge in [0.1, 0.15) is 0 Å². The number of aromatic nitrogens is 1. The van der Waals surface area contributed by atoms with Gasteiger partial charge in [0.25, 0.3) is 0 Å². The van der Waals surface area contributed by atoms with Gasteiger partial charge in [0.15, 0.2) is 0 Å². The molecule has 1 aliphatic carbocycles. The van der Waals surface area contributed by atoms with E-state index in [0.29, 0.717) is 0 Å². The minimum absolute atomic E-state index is 0.0696. The minimum atomic E-state index is -0.825. The molecular formula is C26H29NO2. The highest BCUT2D eigenvalue weighted by Gasteiger charge is 2.38. The second kappa shape index (κ2) is 8.28. The fourth-order valence-electron chi connectivity index (χ4n) is 5.17. The van der Waals surface area contributed by atoms with E-state index in [1.807, 2.05) is 0 Å². The molecule has 0 fully saturated rings. The smallest absolute Gasteiger partial charge is 0.328 e. The number of aliphatic carboxylic acids is 1. The number of allylic oxidation sites excluding steroid dienone is 1. The van der Waals surface area contributed by atoms with Gasteiger partial charge in [-0.3, -0.25) is 0 Å². The molecule has 0 spiro atoms. The summed E-state index contributed by atoms with van der Waals surface area (Å²) < 4.78 is 0. The summed E-state index contributed by atoms with van der Waals surface area (Å²) in [6.07, 6.45) is 8.31. The van der Waals surface area contributed by atoms with Gasteiger partial charge >= 0.3 is 5.97 Å². The van der Waals surface area contributed by atoms with Crippen molar-refractivity contribution in [2.75, 3.05) is 0 Å². The number of hydrogen-bond acceptors (Lipinski definition) is 1. The standard InChI is InChI=1S/C26H29NO2/c1-2-20(17-25(28)29)26(15-8-11-19-9-4-3-5-10-19)16-14-24-22(18-26)21-12-6-7-13-23(21)27-24/h3-7,9-10,12-13,17,27H,2,8,11,14-16,18H2,1H3,(H,28,29). The van der Waals surface area contributed by atoms with Gasteiger partial charge in [-0.25, -0.2) is 4.79 Å². The predicted molar refractivity (Wildman–Crippen MR) is 118 cm³/mol. The van der Waals surface area contributed by atoms with Crippen LogP contribution in [0.2, 0.25) is 0 Å². The van der Waals surface area contributed by atoms with Crippen LogP contribution < -0.4 is 0 Å². The van der Waals surface area contributed by atoms with E-state index in [9.17, 15) is 9.90 Å². The first-order valence-electron chi connectivity index (χ1n) is 10.7. The molecule has 0 saturated carbocycles. The van der Waals surface area contributed by atoms with Crippen LogP contribution >= 0.6 is 0 Å². The van der Waals surface area contributed by atoms with Gasteiger partial charge in [-0.05, 0) is 67.6 Å². The van der Waals surface area contributed by atoms with Crippen LogP contribution in [0.5, 0.6) is 0 Å². The van der Waals surface area contributed by atoms with Crippen molar-refractivity contribution >= 4 is 16.9 Å². The molecule has 0 bridgehead atoms. The quantitative estimate of drug-likeness (QED) is 0.482.